The summed E-state index contributed by atoms with van der Waals surface area (Å²) in [5.74, 6) is 0.319. The number of fused-ring (bicyclic) bond motifs is 1. The zero-order valence-electron chi connectivity index (χ0n) is 13.1. The molecule has 0 amide bonds. The number of aliphatic hydroxyl groups excluding tert-OH is 1. The van der Waals surface area contributed by atoms with Gasteiger partial charge in [-0.1, -0.05) is 41.7 Å². The highest BCUT2D eigenvalue weighted by Crippen LogP contribution is 2.33. The van der Waals surface area contributed by atoms with Crippen LogP contribution in [0.25, 0.3) is 4.96 Å². The zero-order valence-corrected chi connectivity index (χ0v) is 13.9. The molecule has 3 heterocycles. The second-order valence-corrected chi connectivity index (χ2v) is 7.11. The first-order valence-electron chi connectivity index (χ1n) is 8.01. The Morgan fingerprint density at radius 1 is 1.22 bits per heavy atom. The Morgan fingerprint density at radius 3 is 2.65 bits per heavy atom. The van der Waals surface area contributed by atoms with Gasteiger partial charge in [0.1, 0.15) is 0 Å². The Labute approximate surface area is 139 Å². The third-order valence-corrected chi connectivity index (χ3v) is 5.53. The lowest BCUT2D eigenvalue weighted by atomic mass is 9.87. The van der Waals surface area contributed by atoms with Crippen molar-refractivity contribution in [3.63, 3.8) is 0 Å². The number of piperidine rings is 1. The van der Waals surface area contributed by atoms with Crippen LogP contribution in [-0.2, 0) is 0 Å². The Morgan fingerprint density at radius 2 is 1.96 bits per heavy atom. The molecule has 1 aliphatic rings. The highest BCUT2D eigenvalue weighted by molar-refractivity contribution is 7.20. The summed E-state index contributed by atoms with van der Waals surface area (Å²) in [6.07, 6.45) is 3.56. The number of rotatable bonds is 3. The van der Waals surface area contributed by atoms with E-state index in [-0.39, 0.29) is 6.10 Å². The summed E-state index contributed by atoms with van der Waals surface area (Å²) < 4.78 is 1.86. The van der Waals surface area contributed by atoms with Gasteiger partial charge in [-0.15, -0.1) is 5.10 Å². The van der Waals surface area contributed by atoms with Crippen molar-refractivity contribution in [2.75, 3.05) is 18.0 Å². The van der Waals surface area contributed by atoms with Crippen LogP contribution in [-0.4, -0.2) is 32.8 Å². The van der Waals surface area contributed by atoms with Crippen molar-refractivity contribution in [3.8, 4) is 0 Å². The fourth-order valence-corrected chi connectivity index (χ4v) is 4.24. The second kappa shape index (κ2) is 5.94. The van der Waals surface area contributed by atoms with E-state index in [1.54, 1.807) is 11.3 Å². The summed E-state index contributed by atoms with van der Waals surface area (Å²) in [7, 11) is 0. The minimum absolute atomic E-state index is 0.319. The van der Waals surface area contributed by atoms with Crippen LogP contribution in [0.1, 0.15) is 30.2 Å². The van der Waals surface area contributed by atoms with Crippen LogP contribution in [0, 0.1) is 12.8 Å². The number of aromatic nitrogens is 3. The smallest absolute Gasteiger partial charge is 0.214 e. The summed E-state index contributed by atoms with van der Waals surface area (Å²) in [5.41, 5.74) is 2.02. The van der Waals surface area contributed by atoms with Crippen molar-refractivity contribution in [2.24, 2.45) is 5.92 Å². The molecule has 0 aliphatic carbocycles. The minimum Gasteiger partial charge on any atom is -0.388 e. The van der Waals surface area contributed by atoms with E-state index in [1.807, 2.05) is 48.0 Å². The second-order valence-electron chi connectivity index (χ2n) is 6.17. The molecule has 4 rings (SSSR count). The molecule has 0 bridgehead atoms. The van der Waals surface area contributed by atoms with Gasteiger partial charge in [0.05, 0.1) is 18.0 Å². The van der Waals surface area contributed by atoms with E-state index < -0.39 is 0 Å². The first-order chi connectivity index (χ1) is 11.2. The number of aryl methyl sites for hydroxylation is 1. The Hall–Kier alpha value is -1.92. The molecule has 1 atom stereocenters. The summed E-state index contributed by atoms with van der Waals surface area (Å²) in [4.78, 5) is 7.72. The van der Waals surface area contributed by atoms with Crippen molar-refractivity contribution < 1.29 is 5.11 Å². The first-order valence-corrected chi connectivity index (χ1v) is 8.83. The number of aliphatic hydroxyl groups is 1. The minimum atomic E-state index is -0.366. The van der Waals surface area contributed by atoms with Crippen LogP contribution in [0.3, 0.4) is 0 Å². The molecular weight excluding hydrogens is 308 g/mol. The van der Waals surface area contributed by atoms with Gasteiger partial charge in [0.25, 0.3) is 0 Å². The van der Waals surface area contributed by atoms with Crippen LogP contribution in [0.5, 0.6) is 0 Å². The van der Waals surface area contributed by atoms with Crippen molar-refractivity contribution >= 4 is 21.4 Å². The molecular formula is C17H20N4OS. The molecule has 5 nitrogen and oxygen atoms in total. The van der Waals surface area contributed by atoms with Gasteiger partial charge in [-0.25, -0.2) is 9.50 Å². The van der Waals surface area contributed by atoms with E-state index in [0.29, 0.717) is 5.92 Å². The fraction of sp³-hybridized carbons (Fsp3) is 0.412. The molecule has 23 heavy (non-hydrogen) atoms. The molecule has 6 heteroatoms. The van der Waals surface area contributed by atoms with E-state index in [9.17, 15) is 5.11 Å². The molecule has 120 valence electrons. The molecule has 1 unspecified atom stereocenters. The average Bonchev–Trinajstić information content (AvgIpc) is 3.12. The van der Waals surface area contributed by atoms with Crippen molar-refractivity contribution in [2.45, 2.75) is 25.9 Å². The molecule has 2 aromatic heterocycles. The van der Waals surface area contributed by atoms with Crippen molar-refractivity contribution in [1.82, 2.24) is 14.6 Å². The average molecular weight is 328 g/mol. The third kappa shape index (κ3) is 2.84. The van der Waals surface area contributed by atoms with Gasteiger partial charge < -0.3 is 10.0 Å². The third-order valence-electron chi connectivity index (χ3n) is 4.55. The van der Waals surface area contributed by atoms with E-state index in [0.717, 1.165) is 47.3 Å². The van der Waals surface area contributed by atoms with Crippen molar-refractivity contribution in [1.29, 1.82) is 0 Å². The molecule has 1 aromatic carbocycles. The van der Waals surface area contributed by atoms with Gasteiger partial charge in [-0.05, 0) is 31.2 Å². The van der Waals surface area contributed by atoms with Gasteiger partial charge in [0.2, 0.25) is 10.1 Å². The largest absolute Gasteiger partial charge is 0.388 e. The number of hydrogen-bond acceptors (Lipinski definition) is 5. The molecule has 0 radical (unpaired) electrons. The molecule has 1 saturated heterocycles. The van der Waals surface area contributed by atoms with Gasteiger partial charge in [-0.3, -0.25) is 0 Å². The van der Waals surface area contributed by atoms with E-state index in [1.165, 1.54) is 0 Å². The monoisotopic (exact) mass is 328 g/mol. The van der Waals surface area contributed by atoms with E-state index in [2.05, 4.69) is 15.0 Å². The lowest BCUT2D eigenvalue weighted by Gasteiger charge is -2.34. The van der Waals surface area contributed by atoms with Crippen LogP contribution >= 0.6 is 11.3 Å². The standard InChI is InChI=1S/C17H20N4OS/c1-12-11-21-16(18-12)23-17(19-21)20-9-7-14(8-10-20)15(22)13-5-3-2-4-6-13/h2-6,11,14-15,22H,7-10H2,1H3. The Bertz CT molecular complexity index is 758. The van der Waals surface area contributed by atoms with Gasteiger partial charge >= 0.3 is 0 Å². The summed E-state index contributed by atoms with van der Waals surface area (Å²) in [6, 6.07) is 9.98. The highest BCUT2D eigenvalue weighted by atomic mass is 32.1. The van der Waals surface area contributed by atoms with Crippen molar-refractivity contribution in [3.05, 3.63) is 47.8 Å². The summed E-state index contributed by atoms with van der Waals surface area (Å²) >= 11 is 1.63. The Kier molecular flexibility index (Phi) is 3.79. The topological polar surface area (TPSA) is 53.7 Å². The van der Waals surface area contributed by atoms with Gasteiger partial charge in [0, 0.05) is 13.1 Å². The quantitative estimate of drug-likeness (QED) is 0.803. The Balaban J connectivity index is 1.43. The van der Waals surface area contributed by atoms with Crippen LogP contribution in [0.15, 0.2) is 36.5 Å². The molecule has 1 N–H and O–H groups in total. The normalized spacial score (nSPS) is 17.7. The maximum atomic E-state index is 10.6. The summed E-state index contributed by atoms with van der Waals surface area (Å²) in [6.45, 7) is 3.85. The maximum absolute atomic E-state index is 10.6. The maximum Gasteiger partial charge on any atom is 0.214 e. The molecule has 3 aromatic rings. The predicted octanol–water partition coefficient (Wildman–Crippen LogP) is 3.05. The lowest BCUT2D eigenvalue weighted by Crippen LogP contribution is -2.35. The number of imidazole rings is 1. The SMILES string of the molecule is Cc1cn2nc(N3CCC(C(O)c4ccccc4)CC3)sc2n1. The number of hydrogen-bond donors (Lipinski definition) is 1. The number of anilines is 1. The molecule has 0 saturated carbocycles. The fourth-order valence-electron chi connectivity index (χ4n) is 3.26. The highest BCUT2D eigenvalue weighted by Gasteiger charge is 2.27. The zero-order chi connectivity index (χ0) is 15.8. The molecule has 1 fully saturated rings. The van der Waals surface area contributed by atoms with Crippen LogP contribution in [0.4, 0.5) is 5.13 Å². The van der Waals surface area contributed by atoms with Gasteiger partial charge in [0.15, 0.2) is 0 Å². The van der Waals surface area contributed by atoms with Gasteiger partial charge in [-0.2, -0.15) is 0 Å². The first kappa shape index (κ1) is 14.7. The van der Waals surface area contributed by atoms with Crippen LogP contribution in [0.2, 0.25) is 0 Å². The van der Waals surface area contributed by atoms with E-state index in [4.69, 9.17) is 0 Å². The number of nitrogens with zero attached hydrogens (tertiary/aromatic N) is 4. The number of benzene rings is 1. The predicted molar refractivity (Wildman–Crippen MR) is 91.9 cm³/mol. The lowest BCUT2D eigenvalue weighted by molar-refractivity contribution is 0.0929. The van der Waals surface area contributed by atoms with Crippen LogP contribution < -0.4 is 4.90 Å². The van der Waals surface area contributed by atoms with E-state index >= 15 is 0 Å². The molecule has 1 aliphatic heterocycles. The molecule has 0 spiro atoms. The summed E-state index contributed by atoms with van der Waals surface area (Å²) in [5, 5.41) is 16.2.